The number of benzene rings is 1. The SMILES string of the molecule is Cc1ccc(CN2CC(C(=O)N3CCCC(C(=O)NCCNC(=O)OC(C)(C)C)C3)CC2=O)cc1. The molecular formula is C26H38N4O5. The Kier molecular flexibility index (Phi) is 8.75. The van der Waals surface area contributed by atoms with Gasteiger partial charge in [0.05, 0.1) is 11.8 Å². The number of ether oxygens (including phenoxy) is 1. The molecule has 3 rings (SSSR count). The number of hydrogen-bond acceptors (Lipinski definition) is 5. The minimum absolute atomic E-state index is 0.00675. The lowest BCUT2D eigenvalue weighted by Gasteiger charge is -2.33. The van der Waals surface area contributed by atoms with E-state index >= 15 is 0 Å². The van der Waals surface area contributed by atoms with Gasteiger partial charge in [0.1, 0.15) is 5.60 Å². The second-order valence-electron chi connectivity index (χ2n) is 10.5. The zero-order valence-electron chi connectivity index (χ0n) is 21.3. The van der Waals surface area contributed by atoms with E-state index in [9.17, 15) is 19.2 Å². The Labute approximate surface area is 207 Å². The van der Waals surface area contributed by atoms with E-state index in [4.69, 9.17) is 4.74 Å². The number of amides is 4. The van der Waals surface area contributed by atoms with E-state index in [1.54, 1.807) is 30.6 Å². The lowest BCUT2D eigenvalue weighted by molar-refractivity contribution is -0.139. The summed E-state index contributed by atoms with van der Waals surface area (Å²) in [6.07, 6.45) is 1.14. The highest BCUT2D eigenvalue weighted by Crippen LogP contribution is 2.25. The molecule has 2 aliphatic rings. The molecule has 0 bridgehead atoms. The Bertz CT molecular complexity index is 925. The third-order valence-electron chi connectivity index (χ3n) is 6.25. The molecule has 2 N–H and O–H groups in total. The van der Waals surface area contributed by atoms with E-state index in [0.717, 1.165) is 17.5 Å². The largest absolute Gasteiger partial charge is 0.444 e. The third kappa shape index (κ3) is 7.97. The molecule has 9 heteroatoms. The van der Waals surface area contributed by atoms with Crippen LogP contribution in [0.1, 0.15) is 51.2 Å². The molecule has 9 nitrogen and oxygen atoms in total. The van der Waals surface area contributed by atoms with Crippen LogP contribution >= 0.6 is 0 Å². The minimum Gasteiger partial charge on any atom is -0.444 e. The molecule has 35 heavy (non-hydrogen) atoms. The van der Waals surface area contributed by atoms with Crippen molar-refractivity contribution in [3.63, 3.8) is 0 Å². The second kappa shape index (κ2) is 11.6. The third-order valence-corrected chi connectivity index (χ3v) is 6.25. The van der Waals surface area contributed by atoms with Crippen molar-refractivity contribution >= 4 is 23.8 Å². The van der Waals surface area contributed by atoms with Gasteiger partial charge in [0.2, 0.25) is 17.7 Å². The number of rotatable bonds is 7. The van der Waals surface area contributed by atoms with Gasteiger partial charge in [-0.15, -0.1) is 0 Å². The lowest BCUT2D eigenvalue weighted by atomic mass is 9.95. The highest BCUT2D eigenvalue weighted by molar-refractivity contribution is 5.89. The molecule has 1 aromatic rings. The van der Waals surface area contributed by atoms with Crippen LogP contribution in [0, 0.1) is 18.8 Å². The van der Waals surface area contributed by atoms with Crippen molar-refractivity contribution in [2.45, 2.75) is 59.1 Å². The zero-order chi connectivity index (χ0) is 25.6. The van der Waals surface area contributed by atoms with Gasteiger partial charge in [-0.2, -0.15) is 0 Å². The number of carbonyl (C=O) groups excluding carboxylic acids is 4. The standard InChI is InChI=1S/C26H38N4O5/c1-18-7-9-19(10-8-18)15-30-17-21(14-22(30)31)24(33)29-13-5-6-20(16-29)23(32)27-11-12-28-25(34)35-26(2,3)4/h7-10,20-21H,5-6,11-17H2,1-4H3,(H,27,32)(H,28,34). The highest BCUT2D eigenvalue weighted by Gasteiger charge is 2.38. The van der Waals surface area contributed by atoms with Crippen LogP contribution in [0.3, 0.4) is 0 Å². The predicted octanol–water partition coefficient (Wildman–Crippen LogP) is 2.22. The van der Waals surface area contributed by atoms with Gasteiger partial charge in [-0.1, -0.05) is 29.8 Å². The molecule has 2 aliphatic heterocycles. The number of carbonyl (C=O) groups is 4. The summed E-state index contributed by atoms with van der Waals surface area (Å²) in [4.78, 5) is 53.5. The number of likely N-dealkylation sites (tertiary alicyclic amines) is 2. The van der Waals surface area contributed by atoms with E-state index in [0.29, 0.717) is 32.6 Å². The van der Waals surface area contributed by atoms with Crippen molar-refractivity contribution in [3.8, 4) is 0 Å². The van der Waals surface area contributed by atoms with E-state index in [1.165, 1.54) is 0 Å². The van der Waals surface area contributed by atoms with Crippen LogP contribution in [0.5, 0.6) is 0 Å². The molecule has 2 fully saturated rings. The molecule has 2 atom stereocenters. The Morgan fingerprint density at radius 1 is 1.03 bits per heavy atom. The molecule has 0 saturated carbocycles. The van der Waals surface area contributed by atoms with Crippen LogP contribution in [0.2, 0.25) is 0 Å². The molecular weight excluding hydrogens is 448 g/mol. The smallest absolute Gasteiger partial charge is 0.407 e. The Morgan fingerprint density at radius 3 is 2.40 bits per heavy atom. The number of nitrogens with one attached hydrogen (secondary N) is 2. The zero-order valence-corrected chi connectivity index (χ0v) is 21.3. The summed E-state index contributed by atoms with van der Waals surface area (Å²) >= 11 is 0. The first-order valence-electron chi connectivity index (χ1n) is 12.4. The van der Waals surface area contributed by atoms with Crippen LogP contribution in [0.25, 0.3) is 0 Å². The van der Waals surface area contributed by atoms with Crippen molar-refractivity contribution in [1.29, 1.82) is 0 Å². The predicted molar refractivity (Wildman–Crippen MR) is 131 cm³/mol. The van der Waals surface area contributed by atoms with Crippen molar-refractivity contribution in [2.75, 3.05) is 32.7 Å². The van der Waals surface area contributed by atoms with Crippen molar-refractivity contribution in [2.24, 2.45) is 11.8 Å². The number of nitrogens with zero attached hydrogens (tertiary/aromatic N) is 2. The summed E-state index contributed by atoms with van der Waals surface area (Å²) in [6.45, 7) is 9.80. The molecule has 0 aromatic heterocycles. The van der Waals surface area contributed by atoms with Gasteiger partial charge in [0, 0.05) is 45.7 Å². The van der Waals surface area contributed by atoms with E-state index in [-0.39, 0.29) is 49.1 Å². The van der Waals surface area contributed by atoms with Gasteiger partial charge in [-0.3, -0.25) is 14.4 Å². The van der Waals surface area contributed by atoms with Gasteiger partial charge >= 0.3 is 6.09 Å². The highest BCUT2D eigenvalue weighted by atomic mass is 16.6. The fourth-order valence-corrected chi connectivity index (χ4v) is 4.46. The van der Waals surface area contributed by atoms with Gasteiger partial charge in [0.15, 0.2) is 0 Å². The van der Waals surface area contributed by atoms with Gasteiger partial charge in [0.25, 0.3) is 0 Å². The van der Waals surface area contributed by atoms with Gasteiger partial charge in [-0.25, -0.2) is 4.79 Å². The maximum atomic E-state index is 13.2. The van der Waals surface area contributed by atoms with Crippen molar-refractivity contribution in [1.82, 2.24) is 20.4 Å². The van der Waals surface area contributed by atoms with Crippen LogP contribution in [0.4, 0.5) is 4.79 Å². The number of aryl methyl sites for hydroxylation is 1. The fourth-order valence-electron chi connectivity index (χ4n) is 4.46. The van der Waals surface area contributed by atoms with E-state index in [1.807, 2.05) is 31.2 Å². The summed E-state index contributed by atoms with van der Waals surface area (Å²) in [7, 11) is 0. The van der Waals surface area contributed by atoms with E-state index < -0.39 is 11.7 Å². The van der Waals surface area contributed by atoms with Crippen LogP contribution in [-0.4, -0.2) is 71.9 Å². The monoisotopic (exact) mass is 486 g/mol. The average molecular weight is 487 g/mol. The first-order valence-corrected chi connectivity index (χ1v) is 12.4. The first kappa shape index (κ1) is 26.5. The average Bonchev–Trinajstić information content (AvgIpc) is 3.16. The second-order valence-corrected chi connectivity index (χ2v) is 10.5. The summed E-state index contributed by atoms with van der Waals surface area (Å²) in [5.74, 6) is -0.846. The molecule has 0 spiro atoms. The molecule has 4 amide bonds. The molecule has 192 valence electrons. The Hall–Kier alpha value is -3.10. The first-order chi connectivity index (χ1) is 16.5. The number of alkyl carbamates (subject to hydrolysis) is 1. The molecule has 2 saturated heterocycles. The Morgan fingerprint density at radius 2 is 1.71 bits per heavy atom. The Balaban J connectivity index is 1.43. The molecule has 2 heterocycles. The summed E-state index contributed by atoms with van der Waals surface area (Å²) in [5, 5.41) is 5.45. The minimum atomic E-state index is -0.576. The summed E-state index contributed by atoms with van der Waals surface area (Å²) in [6, 6.07) is 8.05. The maximum absolute atomic E-state index is 13.2. The molecule has 0 radical (unpaired) electrons. The topological polar surface area (TPSA) is 108 Å². The molecule has 0 aliphatic carbocycles. The summed E-state index contributed by atoms with van der Waals surface area (Å²) in [5.41, 5.74) is 1.64. The van der Waals surface area contributed by atoms with Gasteiger partial charge in [-0.05, 0) is 46.1 Å². The molecule has 2 unspecified atom stereocenters. The van der Waals surface area contributed by atoms with Crippen LogP contribution < -0.4 is 10.6 Å². The lowest BCUT2D eigenvalue weighted by Crippen LogP contribution is -2.48. The quantitative estimate of drug-likeness (QED) is 0.575. The van der Waals surface area contributed by atoms with Crippen LogP contribution in [0.15, 0.2) is 24.3 Å². The van der Waals surface area contributed by atoms with Crippen molar-refractivity contribution < 1.29 is 23.9 Å². The van der Waals surface area contributed by atoms with Crippen LogP contribution in [-0.2, 0) is 25.7 Å². The molecule has 1 aromatic carbocycles. The fraction of sp³-hybridized carbons (Fsp3) is 0.615. The maximum Gasteiger partial charge on any atom is 0.407 e. The number of piperidine rings is 1. The van der Waals surface area contributed by atoms with E-state index in [2.05, 4.69) is 10.6 Å². The van der Waals surface area contributed by atoms with Crippen molar-refractivity contribution in [3.05, 3.63) is 35.4 Å². The summed E-state index contributed by atoms with van der Waals surface area (Å²) < 4.78 is 5.17. The normalized spacial score (nSPS) is 20.5. The number of hydrogen-bond donors (Lipinski definition) is 2. The van der Waals surface area contributed by atoms with Gasteiger partial charge < -0.3 is 25.2 Å².